The molecular weight excluding hydrogens is 308 g/mol. The molecule has 0 bridgehead atoms. The van der Waals surface area contributed by atoms with E-state index in [0.29, 0.717) is 12.1 Å². The Hall–Kier alpha value is -2.57. The summed E-state index contributed by atoms with van der Waals surface area (Å²) in [5.74, 6) is -0.297. The number of nitrogens with zero attached hydrogens (tertiary/aromatic N) is 1. The van der Waals surface area contributed by atoms with Crippen molar-refractivity contribution in [1.29, 1.82) is 0 Å². The highest BCUT2D eigenvalue weighted by atomic mass is 16.2. The Morgan fingerprint density at radius 1 is 1.29 bits per heavy atom. The van der Waals surface area contributed by atoms with Crippen LogP contribution in [-0.2, 0) is 9.59 Å². The van der Waals surface area contributed by atoms with Crippen LogP contribution in [0.5, 0.6) is 0 Å². The monoisotopic (exact) mass is 332 g/mol. The Morgan fingerprint density at radius 3 is 2.50 bits per heavy atom. The molecule has 0 spiro atoms. The molecule has 0 aliphatic carbocycles. The number of primary amides is 1. The van der Waals surface area contributed by atoms with E-state index in [2.05, 4.69) is 10.6 Å². The summed E-state index contributed by atoms with van der Waals surface area (Å²) in [4.78, 5) is 37.0. The van der Waals surface area contributed by atoms with Crippen molar-refractivity contribution in [1.82, 2.24) is 5.32 Å². The van der Waals surface area contributed by atoms with E-state index < -0.39 is 12.1 Å². The quantitative estimate of drug-likeness (QED) is 0.765. The summed E-state index contributed by atoms with van der Waals surface area (Å²) in [6, 6.07) is 3.97. The summed E-state index contributed by atoms with van der Waals surface area (Å²) < 4.78 is 0. The van der Waals surface area contributed by atoms with Gasteiger partial charge in [-0.2, -0.15) is 0 Å². The van der Waals surface area contributed by atoms with E-state index in [9.17, 15) is 14.4 Å². The van der Waals surface area contributed by atoms with Gasteiger partial charge in [0.25, 0.3) is 0 Å². The lowest BCUT2D eigenvalue weighted by Gasteiger charge is -2.22. The van der Waals surface area contributed by atoms with Gasteiger partial charge in [0.15, 0.2) is 0 Å². The third-order valence-electron chi connectivity index (χ3n) is 4.08. The van der Waals surface area contributed by atoms with Gasteiger partial charge in [-0.15, -0.1) is 0 Å². The first kappa shape index (κ1) is 17.8. The summed E-state index contributed by atoms with van der Waals surface area (Å²) >= 11 is 0. The van der Waals surface area contributed by atoms with Crippen LogP contribution in [0.3, 0.4) is 0 Å². The molecule has 7 nitrogen and oxygen atoms in total. The molecule has 0 saturated carbocycles. The minimum atomic E-state index is -0.733. The minimum absolute atomic E-state index is 0.0971. The summed E-state index contributed by atoms with van der Waals surface area (Å²) in [7, 11) is 0. The molecule has 1 heterocycles. The fourth-order valence-corrected chi connectivity index (χ4v) is 2.85. The molecule has 4 amide bonds. The van der Waals surface area contributed by atoms with E-state index in [0.717, 1.165) is 24.2 Å². The zero-order valence-corrected chi connectivity index (χ0v) is 14.3. The first-order valence-corrected chi connectivity index (χ1v) is 8.07. The number of benzene rings is 1. The topological polar surface area (TPSA) is 105 Å². The number of hydrogen-bond acceptors (Lipinski definition) is 3. The van der Waals surface area contributed by atoms with Crippen LogP contribution < -0.4 is 21.3 Å². The first-order chi connectivity index (χ1) is 11.3. The Balaban J connectivity index is 2.12. The summed E-state index contributed by atoms with van der Waals surface area (Å²) in [6.07, 6.45) is 1.44. The zero-order chi connectivity index (χ0) is 17.9. The van der Waals surface area contributed by atoms with Crippen molar-refractivity contribution in [3.8, 4) is 0 Å². The van der Waals surface area contributed by atoms with Gasteiger partial charge in [-0.25, -0.2) is 4.79 Å². The minimum Gasteiger partial charge on any atom is -0.352 e. The molecule has 24 heavy (non-hydrogen) atoms. The second-order valence-electron chi connectivity index (χ2n) is 6.37. The molecule has 1 aromatic carbocycles. The van der Waals surface area contributed by atoms with Crippen LogP contribution in [0.2, 0.25) is 0 Å². The maximum absolute atomic E-state index is 12.3. The number of aryl methyl sites for hydroxylation is 1. The lowest BCUT2D eigenvalue weighted by molar-refractivity contribution is -0.119. The average molecular weight is 332 g/mol. The Morgan fingerprint density at radius 2 is 2.00 bits per heavy atom. The van der Waals surface area contributed by atoms with Crippen LogP contribution in [-0.4, -0.2) is 30.4 Å². The predicted molar refractivity (Wildman–Crippen MR) is 92.7 cm³/mol. The van der Waals surface area contributed by atoms with E-state index in [1.807, 2.05) is 32.9 Å². The van der Waals surface area contributed by atoms with E-state index in [-0.39, 0.29) is 17.7 Å². The SMILES string of the molecule is Cc1cc(NC(=O)[C@H](NC(N)=O)C(C)C)ccc1N1CCCC1=O. The second kappa shape index (κ2) is 7.33. The zero-order valence-electron chi connectivity index (χ0n) is 14.3. The van der Waals surface area contributed by atoms with E-state index in [1.165, 1.54) is 0 Å². The van der Waals surface area contributed by atoms with Crippen LogP contribution >= 0.6 is 0 Å². The lowest BCUT2D eigenvalue weighted by atomic mass is 10.0. The van der Waals surface area contributed by atoms with Gasteiger partial charge >= 0.3 is 6.03 Å². The smallest absolute Gasteiger partial charge is 0.312 e. The molecule has 1 aliphatic heterocycles. The van der Waals surface area contributed by atoms with Gasteiger partial charge in [-0.3, -0.25) is 9.59 Å². The average Bonchev–Trinajstić information content (AvgIpc) is 2.90. The van der Waals surface area contributed by atoms with Gasteiger partial charge in [-0.1, -0.05) is 13.8 Å². The molecule has 2 rings (SSSR count). The molecule has 0 unspecified atom stereocenters. The normalized spacial score (nSPS) is 15.5. The van der Waals surface area contributed by atoms with Crippen LogP contribution in [0.1, 0.15) is 32.3 Å². The van der Waals surface area contributed by atoms with Gasteiger partial charge in [0.2, 0.25) is 11.8 Å². The third-order valence-corrected chi connectivity index (χ3v) is 4.08. The molecule has 1 saturated heterocycles. The number of urea groups is 1. The lowest BCUT2D eigenvalue weighted by Crippen LogP contribution is -2.49. The van der Waals surface area contributed by atoms with Gasteiger partial charge in [0.1, 0.15) is 6.04 Å². The van der Waals surface area contributed by atoms with Gasteiger partial charge in [0.05, 0.1) is 0 Å². The van der Waals surface area contributed by atoms with Crippen molar-refractivity contribution in [2.24, 2.45) is 11.7 Å². The first-order valence-electron chi connectivity index (χ1n) is 8.07. The molecule has 4 N–H and O–H groups in total. The van der Waals surface area contributed by atoms with Crippen molar-refractivity contribution in [3.05, 3.63) is 23.8 Å². The van der Waals surface area contributed by atoms with Crippen molar-refractivity contribution in [3.63, 3.8) is 0 Å². The molecule has 1 aliphatic rings. The number of rotatable bonds is 5. The van der Waals surface area contributed by atoms with Crippen LogP contribution in [0, 0.1) is 12.8 Å². The molecule has 7 heteroatoms. The van der Waals surface area contributed by atoms with E-state index >= 15 is 0 Å². The van der Waals surface area contributed by atoms with Crippen molar-refractivity contribution in [2.75, 3.05) is 16.8 Å². The third kappa shape index (κ3) is 4.04. The molecule has 130 valence electrons. The highest BCUT2D eigenvalue weighted by molar-refractivity contribution is 5.99. The Labute approximate surface area is 141 Å². The summed E-state index contributed by atoms with van der Waals surface area (Å²) in [5.41, 5.74) is 7.51. The molecule has 0 aromatic heterocycles. The molecule has 0 radical (unpaired) electrons. The van der Waals surface area contributed by atoms with Crippen LogP contribution in [0.25, 0.3) is 0 Å². The maximum atomic E-state index is 12.3. The van der Waals surface area contributed by atoms with Crippen LogP contribution in [0.4, 0.5) is 16.2 Å². The molecule has 1 atom stereocenters. The number of hydrogen-bond donors (Lipinski definition) is 3. The number of anilines is 2. The second-order valence-corrected chi connectivity index (χ2v) is 6.37. The number of amides is 4. The van der Waals surface area contributed by atoms with Crippen molar-refractivity contribution in [2.45, 2.75) is 39.7 Å². The molecule has 1 fully saturated rings. The highest BCUT2D eigenvalue weighted by Crippen LogP contribution is 2.27. The Bertz CT molecular complexity index is 657. The van der Waals surface area contributed by atoms with E-state index in [4.69, 9.17) is 5.73 Å². The summed E-state index contributed by atoms with van der Waals surface area (Å²) in [5, 5.41) is 5.24. The van der Waals surface area contributed by atoms with Crippen molar-refractivity contribution < 1.29 is 14.4 Å². The maximum Gasteiger partial charge on any atom is 0.312 e. The number of nitrogens with two attached hydrogens (primary N) is 1. The van der Waals surface area contributed by atoms with Gasteiger partial charge < -0.3 is 21.3 Å². The largest absolute Gasteiger partial charge is 0.352 e. The number of nitrogens with one attached hydrogen (secondary N) is 2. The van der Waals surface area contributed by atoms with Crippen molar-refractivity contribution >= 4 is 29.2 Å². The summed E-state index contributed by atoms with van der Waals surface area (Å²) in [6.45, 7) is 6.28. The fourth-order valence-electron chi connectivity index (χ4n) is 2.85. The van der Waals surface area contributed by atoms with Gasteiger partial charge in [-0.05, 0) is 43.0 Å². The number of carbonyl (C=O) groups excluding carboxylic acids is 3. The predicted octanol–water partition coefficient (Wildman–Crippen LogP) is 1.75. The molecular formula is C17H24N4O3. The van der Waals surface area contributed by atoms with Gasteiger partial charge in [0, 0.05) is 24.3 Å². The Kier molecular flexibility index (Phi) is 5.43. The highest BCUT2D eigenvalue weighted by Gasteiger charge is 2.25. The van der Waals surface area contributed by atoms with E-state index in [1.54, 1.807) is 11.0 Å². The molecule has 1 aromatic rings. The number of carbonyl (C=O) groups is 3. The standard InChI is InChI=1S/C17H24N4O3/c1-10(2)15(20-17(18)24)16(23)19-12-6-7-13(11(3)9-12)21-8-4-5-14(21)22/h6-7,9-10,15H,4-5,8H2,1-3H3,(H,19,23)(H3,18,20,24)/t15-/m1/s1. The van der Waals surface area contributed by atoms with Crippen LogP contribution in [0.15, 0.2) is 18.2 Å². The fraction of sp³-hybridized carbons (Fsp3) is 0.471.